The fraction of sp³-hybridized carbons (Fsp3) is 0.176. The smallest absolute Gasteiger partial charge is 0.338 e. The Morgan fingerprint density at radius 1 is 1.22 bits per heavy atom. The highest BCUT2D eigenvalue weighted by Gasteiger charge is 2.35. The van der Waals surface area contributed by atoms with Gasteiger partial charge in [-0.25, -0.2) is 18.0 Å². The molecule has 2 N–H and O–H groups in total. The van der Waals surface area contributed by atoms with Crippen LogP contribution in [0.5, 0.6) is 0 Å². The second-order valence-electron chi connectivity index (χ2n) is 5.64. The molecule has 0 fully saturated rings. The predicted octanol–water partition coefficient (Wildman–Crippen LogP) is 2.66. The molecule has 0 bridgehead atoms. The van der Waals surface area contributed by atoms with E-state index in [1.165, 1.54) is 19.2 Å². The summed E-state index contributed by atoms with van der Waals surface area (Å²) >= 11 is 6.73. The molecule has 142 valence electrons. The molecule has 0 spiro atoms. The second-order valence-corrected chi connectivity index (χ2v) is 9.58. The first-order chi connectivity index (χ1) is 12.8. The third-order valence-electron chi connectivity index (χ3n) is 3.88. The van der Waals surface area contributed by atoms with Gasteiger partial charge >= 0.3 is 12.0 Å². The summed E-state index contributed by atoms with van der Waals surface area (Å²) in [6, 6.07) is 10.2. The number of benzene rings is 1. The van der Waals surface area contributed by atoms with Gasteiger partial charge in [-0.15, -0.1) is 11.3 Å². The van der Waals surface area contributed by atoms with Crippen LogP contribution in [0.15, 0.2) is 57.9 Å². The number of thiophene rings is 1. The minimum atomic E-state index is -3.82. The first-order valence-electron chi connectivity index (χ1n) is 7.73. The van der Waals surface area contributed by atoms with Crippen molar-refractivity contribution in [3.8, 4) is 0 Å². The van der Waals surface area contributed by atoms with Crippen LogP contribution in [-0.2, 0) is 19.4 Å². The van der Waals surface area contributed by atoms with Gasteiger partial charge in [0.2, 0.25) is 0 Å². The molecule has 10 heteroatoms. The molecule has 0 saturated carbocycles. The van der Waals surface area contributed by atoms with Crippen molar-refractivity contribution >= 4 is 44.8 Å². The predicted molar refractivity (Wildman–Crippen MR) is 101 cm³/mol. The summed E-state index contributed by atoms with van der Waals surface area (Å²) in [5, 5.41) is 5.07. The molecule has 0 unspecified atom stereocenters. The number of nitrogens with one attached hydrogen (secondary N) is 2. The summed E-state index contributed by atoms with van der Waals surface area (Å²) in [7, 11) is -2.62. The molecule has 1 aliphatic heterocycles. The fourth-order valence-electron chi connectivity index (χ4n) is 2.70. The number of hydrogen-bond donors (Lipinski definition) is 2. The van der Waals surface area contributed by atoms with E-state index >= 15 is 0 Å². The number of halogens is 1. The quantitative estimate of drug-likeness (QED) is 0.715. The van der Waals surface area contributed by atoms with Crippen LogP contribution in [0.4, 0.5) is 4.79 Å². The van der Waals surface area contributed by atoms with Gasteiger partial charge in [0.05, 0.1) is 28.8 Å². The molecular weight excluding hydrogens is 412 g/mol. The number of carbonyl (C=O) groups is 2. The van der Waals surface area contributed by atoms with E-state index < -0.39 is 33.6 Å². The third kappa shape index (κ3) is 4.15. The van der Waals surface area contributed by atoms with Gasteiger partial charge < -0.3 is 15.4 Å². The van der Waals surface area contributed by atoms with Crippen molar-refractivity contribution in [3.05, 3.63) is 63.6 Å². The summed E-state index contributed by atoms with van der Waals surface area (Å²) in [5.74, 6) is -1.30. The highest BCUT2D eigenvalue weighted by molar-refractivity contribution is 7.93. The molecule has 1 atom stereocenters. The van der Waals surface area contributed by atoms with Gasteiger partial charge in [0.25, 0.3) is 0 Å². The van der Waals surface area contributed by atoms with Crippen LogP contribution in [0.3, 0.4) is 0 Å². The second kappa shape index (κ2) is 7.71. The number of sulfone groups is 1. The first kappa shape index (κ1) is 19.4. The van der Waals surface area contributed by atoms with Gasteiger partial charge in [-0.2, -0.15) is 0 Å². The van der Waals surface area contributed by atoms with E-state index in [0.29, 0.717) is 9.90 Å². The van der Waals surface area contributed by atoms with Crippen molar-refractivity contribution in [2.75, 3.05) is 12.9 Å². The number of esters is 1. The summed E-state index contributed by atoms with van der Waals surface area (Å²) in [4.78, 5) is 24.5. The maximum atomic E-state index is 12.7. The molecule has 2 heterocycles. The van der Waals surface area contributed by atoms with Gasteiger partial charge in [0.15, 0.2) is 9.84 Å². The number of carbonyl (C=O) groups excluding carboxylic acids is 2. The summed E-state index contributed by atoms with van der Waals surface area (Å²) in [5.41, 5.74) is 0.639. The minimum Gasteiger partial charge on any atom is -0.466 e. The van der Waals surface area contributed by atoms with Gasteiger partial charge in [-0.1, -0.05) is 41.9 Å². The SMILES string of the molecule is COC(=O)C1=C(CS(=O)(=O)c2ccc(Cl)s2)NC(=O)N[C@H]1c1ccccc1. The lowest BCUT2D eigenvalue weighted by Gasteiger charge is -2.29. The van der Waals surface area contributed by atoms with Gasteiger partial charge in [0.1, 0.15) is 4.21 Å². The van der Waals surface area contributed by atoms with Crippen molar-refractivity contribution in [2.45, 2.75) is 10.3 Å². The fourth-order valence-corrected chi connectivity index (χ4v) is 5.60. The molecule has 27 heavy (non-hydrogen) atoms. The van der Waals surface area contributed by atoms with E-state index in [-0.39, 0.29) is 15.5 Å². The van der Waals surface area contributed by atoms with Gasteiger partial charge in [-0.3, -0.25) is 0 Å². The average Bonchev–Trinajstić information content (AvgIpc) is 3.08. The van der Waals surface area contributed by atoms with Crippen LogP contribution in [0, 0.1) is 0 Å². The van der Waals surface area contributed by atoms with Crippen molar-refractivity contribution < 1.29 is 22.7 Å². The molecule has 0 aliphatic carbocycles. The molecule has 1 aliphatic rings. The van der Waals surface area contributed by atoms with E-state index in [4.69, 9.17) is 16.3 Å². The zero-order valence-electron chi connectivity index (χ0n) is 14.1. The van der Waals surface area contributed by atoms with Crippen LogP contribution in [0.2, 0.25) is 4.34 Å². The minimum absolute atomic E-state index is 0.0241. The van der Waals surface area contributed by atoms with E-state index in [1.807, 2.05) is 0 Å². The van der Waals surface area contributed by atoms with Crippen LogP contribution < -0.4 is 10.6 Å². The van der Waals surface area contributed by atoms with Crippen molar-refractivity contribution in [1.82, 2.24) is 10.6 Å². The molecule has 2 aromatic rings. The zero-order valence-corrected chi connectivity index (χ0v) is 16.5. The lowest BCUT2D eigenvalue weighted by Crippen LogP contribution is -2.47. The van der Waals surface area contributed by atoms with Crippen molar-refractivity contribution in [1.29, 1.82) is 0 Å². The molecule has 3 rings (SSSR count). The number of rotatable bonds is 5. The number of ether oxygens (including phenoxy) is 1. The number of urea groups is 1. The lowest BCUT2D eigenvalue weighted by atomic mass is 9.96. The number of amides is 2. The Balaban J connectivity index is 2.08. The van der Waals surface area contributed by atoms with Gasteiger partial charge in [-0.05, 0) is 17.7 Å². The lowest BCUT2D eigenvalue weighted by molar-refractivity contribution is -0.136. The summed E-state index contributed by atoms with van der Waals surface area (Å²) < 4.78 is 30.6. The van der Waals surface area contributed by atoms with E-state index in [0.717, 1.165) is 11.3 Å². The summed E-state index contributed by atoms with van der Waals surface area (Å²) in [6.07, 6.45) is 0. The van der Waals surface area contributed by atoms with Crippen molar-refractivity contribution in [3.63, 3.8) is 0 Å². The maximum absolute atomic E-state index is 12.7. The topological polar surface area (TPSA) is 102 Å². The average molecular weight is 427 g/mol. The standard InChI is InChI=1S/C17H15ClN2O5S2/c1-25-16(21)14-11(9-27(23,24)13-8-7-12(18)26-13)19-17(22)20-15(14)10-5-3-2-4-6-10/h2-8,15H,9H2,1H3,(H2,19,20,22)/t15-/m0/s1. The zero-order chi connectivity index (χ0) is 19.6. The highest BCUT2D eigenvalue weighted by Crippen LogP contribution is 2.31. The highest BCUT2D eigenvalue weighted by atomic mass is 35.5. The molecule has 7 nitrogen and oxygen atoms in total. The molecule has 0 saturated heterocycles. The van der Waals surface area contributed by atoms with Crippen LogP contribution in [0.1, 0.15) is 11.6 Å². The molecular formula is C17H15ClN2O5S2. The maximum Gasteiger partial charge on any atom is 0.338 e. The number of hydrogen-bond acceptors (Lipinski definition) is 6. The van der Waals surface area contributed by atoms with Crippen LogP contribution >= 0.6 is 22.9 Å². The Bertz CT molecular complexity index is 1010. The van der Waals surface area contributed by atoms with Crippen LogP contribution in [0.25, 0.3) is 0 Å². The third-order valence-corrected chi connectivity index (χ3v) is 7.34. The monoisotopic (exact) mass is 426 g/mol. The van der Waals surface area contributed by atoms with E-state index in [2.05, 4.69) is 10.6 Å². The van der Waals surface area contributed by atoms with E-state index in [1.54, 1.807) is 30.3 Å². The molecule has 2 amide bonds. The Morgan fingerprint density at radius 2 is 1.93 bits per heavy atom. The Kier molecular flexibility index (Phi) is 5.54. The number of methoxy groups -OCH3 is 1. The molecule has 0 radical (unpaired) electrons. The molecule has 1 aromatic carbocycles. The molecule has 1 aromatic heterocycles. The first-order valence-corrected chi connectivity index (χ1v) is 10.6. The van der Waals surface area contributed by atoms with Gasteiger partial charge in [0, 0.05) is 5.70 Å². The Morgan fingerprint density at radius 3 is 2.52 bits per heavy atom. The van der Waals surface area contributed by atoms with E-state index in [9.17, 15) is 18.0 Å². The largest absolute Gasteiger partial charge is 0.466 e. The Hall–Kier alpha value is -2.36. The van der Waals surface area contributed by atoms with Crippen molar-refractivity contribution in [2.24, 2.45) is 0 Å². The normalized spacial score (nSPS) is 17.3. The summed E-state index contributed by atoms with van der Waals surface area (Å²) in [6.45, 7) is 0. The Labute approximate surface area is 164 Å². The van der Waals surface area contributed by atoms with Crippen LogP contribution in [-0.4, -0.2) is 33.3 Å².